The molecule has 0 radical (unpaired) electrons. The van der Waals surface area contributed by atoms with Gasteiger partial charge in [0.05, 0.1) is 6.04 Å². The molecule has 0 unspecified atom stereocenters. The van der Waals surface area contributed by atoms with Gasteiger partial charge < -0.3 is 4.74 Å². The second kappa shape index (κ2) is 11.4. The van der Waals surface area contributed by atoms with Crippen molar-refractivity contribution in [2.24, 2.45) is 0 Å². The molecule has 1 aromatic heterocycles. The van der Waals surface area contributed by atoms with Crippen LogP contribution in [0.3, 0.4) is 0 Å². The number of tetrazole rings is 1. The normalized spacial score (nSPS) is 16.4. The molecule has 4 rings (SSSR count). The van der Waals surface area contributed by atoms with E-state index in [4.69, 9.17) is 4.74 Å². The maximum absolute atomic E-state index is 12.5. The fourth-order valence-corrected chi connectivity index (χ4v) is 4.28. The summed E-state index contributed by atoms with van der Waals surface area (Å²) in [5.41, 5.74) is 1.76. The highest BCUT2D eigenvalue weighted by molar-refractivity contribution is 5.69. The highest BCUT2D eigenvalue weighted by atomic mass is 16.6. The van der Waals surface area contributed by atoms with Crippen molar-refractivity contribution in [3.05, 3.63) is 83.7 Å². The maximum atomic E-state index is 12.5. The van der Waals surface area contributed by atoms with E-state index in [9.17, 15) is 4.79 Å². The topological polar surface area (TPSA) is 76.4 Å². The van der Waals surface area contributed by atoms with Crippen LogP contribution in [-0.4, -0.2) is 74.3 Å². The van der Waals surface area contributed by atoms with E-state index in [1.165, 1.54) is 5.56 Å². The van der Waals surface area contributed by atoms with Crippen molar-refractivity contribution in [1.82, 2.24) is 30.0 Å². The van der Waals surface area contributed by atoms with Crippen LogP contribution in [0.25, 0.3) is 6.08 Å². The minimum absolute atomic E-state index is 0.0207. The Morgan fingerprint density at radius 3 is 2.31 bits per heavy atom. The number of benzene rings is 2. The molecule has 35 heavy (non-hydrogen) atoms. The molecule has 1 aliphatic heterocycles. The van der Waals surface area contributed by atoms with Crippen LogP contribution in [0.5, 0.6) is 0 Å². The minimum atomic E-state index is -0.560. The zero-order valence-corrected chi connectivity index (χ0v) is 20.7. The van der Waals surface area contributed by atoms with E-state index in [1.54, 1.807) is 4.68 Å². The van der Waals surface area contributed by atoms with Gasteiger partial charge in [-0.25, -0.2) is 4.68 Å². The summed E-state index contributed by atoms with van der Waals surface area (Å²) in [7, 11) is 0. The Morgan fingerprint density at radius 1 is 1.00 bits per heavy atom. The zero-order chi connectivity index (χ0) is 24.7. The fourth-order valence-electron chi connectivity index (χ4n) is 4.28. The van der Waals surface area contributed by atoms with Gasteiger partial charge in [0.1, 0.15) is 12.1 Å². The summed E-state index contributed by atoms with van der Waals surface area (Å²) in [5, 5.41) is 12.4. The van der Waals surface area contributed by atoms with Crippen molar-refractivity contribution in [1.29, 1.82) is 0 Å². The summed E-state index contributed by atoms with van der Waals surface area (Å²) in [6.07, 6.45) is 4.39. The lowest BCUT2D eigenvalue weighted by Gasteiger charge is -2.38. The van der Waals surface area contributed by atoms with Gasteiger partial charge in [0.15, 0.2) is 5.82 Å². The van der Waals surface area contributed by atoms with Crippen molar-refractivity contribution in [3.8, 4) is 0 Å². The molecule has 8 heteroatoms. The van der Waals surface area contributed by atoms with Crippen LogP contribution in [0.15, 0.2) is 66.7 Å². The number of esters is 1. The van der Waals surface area contributed by atoms with Gasteiger partial charge in [-0.15, -0.1) is 5.10 Å². The molecule has 0 saturated carbocycles. The average Bonchev–Trinajstić information content (AvgIpc) is 3.28. The number of nitrogens with zero attached hydrogens (tertiary/aromatic N) is 6. The van der Waals surface area contributed by atoms with Gasteiger partial charge in [-0.3, -0.25) is 14.6 Å². The standard InChI is InChI=1S/C27H34N6O2/c1-27(2,3)35-24(34)21-33-26(28-29-30-33)25(23-14-8-5-9-15-23)32-19-17-31(18-20-32)16-10-13-22-11-6-4-7-12-22/h4-15,25H,16-21H2,1-3H3/b13-10+/t25-/m1/s1. The molecule has 0 aliphatic carbocycles. The maximum Gasteiger partial charge on any atom is 0.328 e. The number of hydrogen-bond acceptors (Lipinski definition) is 7. The molecule has 3 aromatic rings. The van der Waals surface area contributed by atoms with E-state index in [2.05, 4.69) is 73.9 Å². The molecule has 8 nitrogen and oxygen atoms in total. The van der Waals surface area contributed by atoms with Gasteiger partial charge in [-0.05, 0) is 42.3 Å². The highest BCUT2D eigenvalue weighted by Crippen LogP contribution is 2.28. The largest absolute Gasteiger partial charge is 0.459 e. The van der Waals surface area contributed by atoms with E-state index in [0.717, 1.165) is 38.3 Å². The first-order valence-corrected chi connectivity index (χ1v) is 12.1. The third kappa shape index (κ3) is 7.07. The molecule has 0 N–H and O–H groups in total. The van der Waals surface area contributed by atoms with E-state index in [1.807, 2.05) is 45.0 Å². The molecule has 1 atom stereocenters. The van der Waals surface area contributed by atoms with Gasteiger partial charge in [-0.2, -0.15) is 0 Å². The predicted molar refractivity (Wildman–Crippen MR) is 135 cm³/mol. The van der Waals surface area contributed by atoms with E-state index >= 15 is 0 Å². The number of carbonyl (C=O) groups excluding carboxylic acids is 1. The number of piperazine rings is 1. The van der Waals surface area contributed by atoms with Crippen molar-refractivity contribution >= 4 is 12.0 Å². The zero-order valence-electron chi connectivity index (χ0n) is 20.7. The number of ether oxygens (including phenoxy) is 1. The fraction of sp³-hybridized carbons (Fsp3) is 0.407. The molecule has 2 aromatic carbocycles. The lowest BCUT2D eigenvalue weighted by molar-refractivity contribution is -0.155. The number of rotatable bonds is 8. The van der Waals surface area contributed by atoms with E-state index < -0.39 is 5.60 Å². The van der Waals surface area contributed by atoms with Gasteiger partial charge in [-0.1, -0.05) is 72.8 Å². The summed E-state index contributed by atoms with van der Waals surface area (Å²) in [6, 6.07) is 20.4. The molecule has 0 amide bonds. The molecule has 1 saturated heterocycles. The first-order chi connectivity index (χ1) is 16.9. The smallest absolute Gasteiger partial charge is 0.328 e. The highest BCUT2D eigenvalue weighted by Gasteiger charge is 2.31. The Morgan fingerprint density at radius 2 is 1.66 bits per heavy atom. The number of hydrogen-bond donors (Lipinski definition) is 0. The van der Waals surface area contributed by atoms with Crippen LogP contribution < -0.4 is 0 Å². The van der Waals surface area contributed by atoms with Crippen molar-refractivity contribution < 1.29 is 9.53 Å². The Hall–Kier alpha value is -3.36. The van der Waals surface area contributed by atoms with Gasteiger partial charge in [0.25, 0.3) is 0 Å². The monoisotopic (exact) mass is 474 g/mol. The SMILES string of the molecule is CC(C)(C)OC(=O)Cn1nnnc1[C@@H](c1ccccc1)N1CCN(C/C=C/c2ccccc2)CC1. The van der Waals surface area contributed by atoms with Crippen LogP contribution in [-0.2, 0) is 16.1 Å². The first kappa shape index (κ1) is 24.8. The van der Waals surface area contributed by atoms with Gasteiger partial charge in [0, 0.05) is 32.7 Å². The molecule has 184 valence electrons. The predicted octanol–water partition coefficient (Wildman–Crippen LogP) is 3.44. The van der Waals surface area contributed by atoms with Crippen LogP contribution in [0, 0.1) is 0 Å². The number of aromatic nitrogens is 4. The lowest BCUT2D eigenvalue weighted by Crippen LogP contribution is -2.48. The molecule has 0 bridgehead atoms. The third-order valence-corrected chi connectivity index (χ3v) is 5.86. The summed E-state index contributed by atoms with van der Waals surface area (Å²) in [5.74, 6) is 0.298. The Bertz CT molecular complexity index is 1100. The molecule has 1 aliphatic rings. The second-order valence-electron chi connectivity index (χ2n) is 9.74. The molecular formula is C27H34N6O2. The molecule has 2 heterocycles. The Kier molecular flexibility index (Phi) is 8.05. The van der Waals surface area contributed by atoms with Gasteiger partial charge >= 0.3 is 5.97 Å². The first-order valence-electron chi connectivity index (χ1n) is 12.1. The Balaban J connectivity index is 1.45. The van der Waals surface area contributed by atoms with E-state index in [0.29, 0.717) is 5.82 Å². The Labute approximate surface area is 207 Å². The van der Waals surface area contributed by atoms with Crippen LogP contribution >= 0.6 is 0 Å². The van der Waals surface area contributed by atoms with Gasteiger partial charge in [0.2, 0.25) is 0 Å². The molecular weight excluding hydrogens is 440 g/mol. The average molecular weight is 475 g/mol. The second-order valence-corrected chi connectivity index (χ2v) is 9.74. The van der Waals surface area contributed by atoms with Crippen LogP contribution in [0.2, 0.25) is 0 Å². The summed E-state index contributed by atoms with van der Waals surface area (Å²) in [6.45, 7) is 10.1. The quantitative estimate of drug-likeness (QED) is 0.463. The lowest BCUT2D eigenvalue weighted by atomic mass is 10.0. The number of carbonyl (C=O) groups is 1. The minimum Gasteiger partial charge on any atom is -0.459 e. The summed E-state index contributed by atoms with van der Waals surface area (Å²) >= 11 is 0. The van der Waals surface area contributed by atoms with E-state index in [-0.39, 0.29) is 18.6 Å². The van der Waals surface area contributed by atoms with Crippen molar-refractivity contribution in [2.75, 3.05) is 32.7 Å². The summed E-state index contributed by atoms with van der Waals surface area (Å²) < 4.78 is 7.07. The summed E-state index contributed by atoms with van der Waals surface area (Å²) in [4.78, 5) is 17.3. The van der Waals surface area contributed by atoms with Crippen molar-refractivity contribution in [3.63, 3.8) is 0 Å². The third-order valence-electron chi connectivity index (χ3n) is 5.86. The molecule has 0 spiro atoms. The molecule has 1 fully saturated rings. The van der Waals surface area contributed by atoms with Crippen LogP contribution in [0.4, 0.5) is 0 Å². The van der Waals surface area contributed by atoms with Crippen molar-refractivity contribution in [2.45, 2.75) is 39.0 Å². The van der Waals surface area contributed by atoms with Crippen LogP contribution in [0.1, 0.15) is 43.8 Å².